The van der Waals surface area contributed by atoms with Crippen molar-refractivity contribution in [3.63, 3.8) is 0 Å². The molecule has 1 N–H and O–H groups in total. The number of esters is 1. The summed E-state index contributed by atoms with van der Waals surface area (Å²) in [6.45, 7) is 4.26. The number of methoxy groups -OCH3 is 1. The molecular weight excluding hydrogens is 464 g/mol. The van der Waals surface area contributed by atoms with E-state index in [1.807, 2.05) is 73.0 Å². The number of H-pyrrole nitrogens is 1. The maximum atomic E-state index is 12.6. The van der Waals surface area contributed by atoms with E-state index >= 15 is 0 Å². The number of aryl methyl sites for hydroxylation is 1. The van der Waals surface area contributed by atoms with Gasteiger partial charge in [0.15, 0.2) is 5.82 Å². The molecule has 0 saturated carbocycles. The molecule has 2 heterocycles. The predicted molar refractivity (Wildman–Crippen MR) is 135 cm³/mol. The summed E-state index contributed by atoms with van der Waals surface area (Å²) in [5.74, 6) is 0.0964. The fourth-order valence-corrected chi connectivity index (χ4v) is 4.58. The van der Waals surface area contributed by atoms with Gasteiger partial charge in [-0.15, -0.1) is 0 Å². The van der Waals surface area contributed by atoms with E-state index in [0.717, 1.165) is 39.5 Å². The van der Waals surface area contributed by atoms with E-state index < -0.39 is 5.97 Å². The van der Waals surface area contributed by atoms with E-state index in [-0.39, 0.29) is 4.87 Å². The minimum Gasteiger partial charge on any atom is -0.465 e. The van der Waals surface area contributed by atoms with Gasteiger partial charge in [-0.3, -0.25) is 13.7 Å². The van der Waals surface area contributed by atoms with Crippen molar-refractivity contribution in [2.45, 2.75) is 13.8 Å². The Morgan fingerprint density at radius 3 is 2.43 bits per heavy atom. The largest absolute Gasteiger partial charge is 0.465 e. The van der Waals surface area contributed by atoms with Crippen LogP contribution in [0.2, 0.25) is 0 Å². The van der Waals surface area contributed by atoms with Gasteiger partial charge in [-0.2, -0.15) is 9.97 Å². The van der Waals surface area contributed by atoms with Gasteiger partial charge in [0.25, 0.3) is 0 Å². The van der Waals surface area contributed by atoms with E-state index in [9.17, 15) is 9.59 Å². The van der Waals surface area contributed by atoms with Gasteiger partial charge in [0.2, 0.25) is 0 Å². The molecule has 0 spiro atoms. The van der Waals surface area contributed by atoms with E-state index in [0.29, 0.717) is 35.0 Å². The first-order chi connectivity index (χ1) is 17.0. The highest BCUT2D eigenvalue weighted by atomic mass is 32.1. The molecule has 0 fully saturated rings. The van der Waals surface area contributed by atoms with Crippen LogP contribution in [0, 0.1) is 6.92 Å². The van der Waals surface area contributed by atoms with Gasteiger partial charge in [0.05, 0.1) is 36.0 Å². The van der Waals surface area contributed by atoms with E-state index in [2.05, 4.69) is 14.3 Å². The fourth-order valence-electron chi connectivity index (χ4n) is 4.10. The molecule has 5 rings (SSSR count). The van der Waals surface area contributed by atoms with Gasteiger partial charge >= 0.3 is 16.9 Å². The molecule has 0 bridgehead atoms. The van der Waals surface area contributed by atoms with Crippen LogP contribution in [0.15, 0.2) is 65.5 Å². The molecule has 0 aliphatic rings. The fraction of sp³-hybridized carbons (Fsp3) is 0.154. The molecule has 0 unspecified atom stereocenters. The summed E-state index contributed by atoms with van der Waals surface area (Å²) in [4.78, 5) is 32.7. The lowest BCUT2D eigenvalue weighted by Crippen LogP contribution is -2.07. The van der Waals surface area contributed by atoms with Gasteiger partial charge in [0.1, 0.15) is 0 Å². The standard InChI is InChI=1S/C26H22N4O4S/c1-4-34-25-27-21-15(2)9-14-20(24(31)33-3)22(21)30(25)17-12-10-16(11-13-17)18-7-5-6-8-19(18)23-28-26(32)35-29-23/h5-14H,4H2,1-3H3,(H,28,29,32). The summed E-state index contributed by atoms with van der Waals surface area (Å²) >= 11 is 0.964. The van der Waals surface area contributed by atoms with Crippen LogP contribution < -0.4 is 9.61 Å². The number of rotatable bonds is 6. The van der Waals surface area contributed by atoms with E-state index in [4.69, 9.17) is 9.47 Å². The van der Waals surface area contributed by atoms with Crippen molar-refractivity contribution >= 4 is 28.5 Å². The second-order valence-electron chi connectivity index (χ2n) is 7.80. The maximum Gasteiger partial charge on any atom is 0.344 e. The monoisotopic (exact) mass is 486 g/mol. The van der Waals surface area contributed by atoms with Crippen LogP contribution in [-0.4, -0.2) is 38.6 Å². The lowest BCUT2D eigenvalue weighted by molar-refractivity contribution is 0.0602. The van der Waals surface area contributed by atoms with Gasteiger partial charge in [-0.25, -0.2) is 4.79 Å². The van der Waals surface area contributed by atoms with Crippen LogP contribution in [0.25, 0.3) is 39.2 Å². The van der Waals surface area contributed by atoms with Gasteiger partial charge in [0, 0.05) is 17.1 Å². The minimum absolute atomic E-state index is 0.266. The molecule has 0 aliphatic carbocycles. The molecule has 0 atom stereocenters. The molecule has 8 nitrogen and oxygen atoms in total. The third-order valence-corrected chi connectivity index (χ3v) is 6.27. The molecule has 176 valence electrons. The number of imidazole rings is 1. The van der Waals surface area contributed by atoms with Crippen LogP contribution in [-0.2, 0) is 4.74 Å². The number of hydrogen-bond donors (Lipinski definition) is 1. The Hall–Kier alpha value is -4.24. The number of ether oxygens (including phenoxy) is 2. The summed E-state index contributed by atoms with van der Waals surface area (Å²) in [7, 11) is 1.36. The van der Waals surface area contributed by atoms with Crippen LogP contribution in [0.1, 0.15) is 22.8 Å². The maximum absolute atomic E-state index is 12.6. The third kappa shape index (κ3) is 4.00. The topological polar surface area (TPSA) is 99.1 Å². The second kappa shape index (κ2) is 9.19. The van der Waals surface area contributed by atoms with Crippen LogP contribution in [0.4, 0.5) is 0 Å². The second-order valence-corrected chi connectivity index (χ2v) is 8.56. The van der Waals surface area contributed by atoms with Crippen molar-refractivity contribution in [3.05, 3.63) is 81.5 Å². The van der Waals surface area contributed by atoms with Crippen molar-refractivity contribution in [3.8, 4) is 34.2 Å². The van der Waals surface area contributed by atoms with Gasteiger partial charge < -0.3 is 9.47 Å². The van der Waals surface area contributed by atoms with Crippen LogP contribution >= 0.6 is 11.5 Å². The molecule has 0 amide bonds. The number of nitrogens with zero attached hydrogens (tertiary/aromatic N) is 3. The molecule has 5 aromatic rings. The number of nitrogens with one attached hydrogen (secondary N) is 1. The number of aromatic amines is 1. The molecule has 3 aromatic carbocycles. The van der Waals surface area contributed by atoms with Crippen molar-refractivity contribution in [2.75, 3.05) is 13.7 Å². The highest BCUT2D eigenvalue weighted by Gasteiger charge is 2.22. The number of carbonyl (C=O) groups is 1. The van der Waals surface area contributed by atoms with E-state index in [1.165, 1.54) is 7.11 Å². The van der Waals surface area contributed by atoms with Crippen molar-refractivity contribution in [1.29, 1.82) is 0 Å². The SMILES string of the molecule is CCOc1nc2c(C)ccc(C(=O)OC)c2n1-c1ccc(-c2ccccc2-c2nc(=O)s[nH]2)cc1. The first-order valence-electron chi connectivity index (χ1n) is 11.0. The van der Waals surface area contributed by atoms with Crippen molar-refractivity contribution in [1.82, 2.24) is 18.9 Å². The van der Waals surface area contributed by atoms with Gasteiger partial charge in [-0.05, 0) is 48.7 Å². The van der Waals surface area contributed by atoms with Crippen molar-refractivity contribution in [2.24, 2.45) is 0 Å². The molecular formula is C26H22N4O4S. The highest BCUT2D eigenvalue weighted by Crippen LogP contribution is 2.34. The molecule has 9 heteroatoms. The Labute approximate surface area is 205 Å². The molecule has 35 heavy (non-hydrogen) atoms. The summed E-state index contributed by atoms with van der Waals surface area (Å²) in [6.07, 6.45) is 0. The van der Waals surface area contributed by atoms with E-state index in [1.54, 1.807) is 6.07 Å². The molecule has 0 saturated heterocycles. The lowest BCUT2D eigenvalue weighted by atomic mass is 9.99. The number of benzene rings is 3. The summed E-state index contributed by atoms with van der Waals surface area (Å²) in [5, 5.41) is 0. The zero-order valence-corrected chi connectivity index (χ0v) is 20.2. The zero-order chi connectivity index (χ0) is 24.5. The first kappa shape index (κ1) is 22.5. The Morgan fingerprint density at radius 1 is 1.03 bits per heavy atom. The third-order valence-electron chi connectivity index (χ3n) is 5.71. The normalized spacial score (nSPS) is 11.1. The summed E-state index contributed by atoms with van der Waals surface area (Å²) in [6, 6.07) is 19.6. The highest BCUT2D eigenvalue weighted by molar-refractivity contribution is 7.03. The molecule has 0 aliphatic heterocycles. The Bertz CT molecular complexity index is 1600. The van der Waals surface area contributed by atoms with Crippen molar-refractivity contribution < 1.29 is 14.3 Å². The molecule has 0 radical (unpaired) electrons. The summed E-state index contributed by atoms with van der Waals surface area (Å²) < 4.78 is 15.7. The van der Waals surface area contributed by atoms with Crippen LogP contribution in [0.5, 0.6) is 6.01 Å². The molecule has 2 aromatic heterocycles. The summed E-state index contributed by atoms with van der Waals surface area (Å²) in [5.41, 5.74) is 6.16. The number of carbonyl (C=O) groups excluding carboxylic acids is 1. The predicted octanol–water partition coefficient (Wildman–Crippen LogP) is 5.00. The lowest BCUT2D eigenvalue weighted by Gasteiger charge is -2.13. The Balaban J connectivity index is 1.67. The number of hydrogen-bond acceptors (Lipinski definition) is 7. The smallest absolute Gasteiger partial charge is 0.344 e. The van der Waals surface area contributed by atoms with Crippen LogP contribution in [0.3, 0.4) is 0 Å². The number of aromatic nitrogens is 4. The Kier molecular flexibility index (Phi) is 5.92. The average Bonchev–Trinajstić information content (AvgIpc) is 3.48. The quantitative estimate of drug-likeness (QED) is 0.339. The minimum atomic E-state index is -0.443. The average molecular weight is 487 g/mol. The number of fused-ring (bicyclic) bond motifs is 1. The zero-order valence-electron chi connectivity index (χ0n) is 19.4. The van der Waals surface area contributed by atoms with Gasteiger partial charge in [-0.1, -0.05) is 42.5 Å². The Morgan fingerprint density at radius 2 is 1.77 bits per heavy atom. The first-order valence-corrected chi connectivity index (χ1v) is 11.8.